The minimum Gasteiger partial charge on any atom is -0.497 e. The molecule has 0 unspecified atom stereocenters. The highest BCUT2D eigenvalue weighted by Gasteiger charge is 2.34. The number of piperidine rings is 1. The van der Waals surface area contributed by atoms with Crippen molar-refractivity contribution >= 4 is 28.6 Å². The van der Waals surface area contributed by atoms with E-state index in [-0.39, 0.29) is 5.92 Å². The SMILES string of the molecule is COc1ccc2nccc([C@H](O)CC[C@@H]3CCN(CCCSc4ncco4)C[C@@H]3C(=O)O)c2c1. The number of aliphatic carboxylic acids is 1. The molecule has 3 heterocycles. The Hall–Kier alpha value is -2.62. The molecule has 34 heavy (non-hydrogen) atoms. The molecular weight excluding hydrogens is 454 g/mol. The number of fused-ring (bicyclic) bond motifs is 1. The average Bonchev–Trinajstić information content (AvgIpc) is 3.38. The second-order valence-corrected chi connectivity index (χ2v) is 9.72. The van der Waals surface area contributed by atoms with Crippen LogP contribution >= 0.6 is 11.8 Å². The minimum atomic E-state index is -0.752. The van der Waals surface area contributed by atoms with E-state index >= 15 is 0 Å². The van der Waals surface area contributed by atoms with E-state index in [0.29, 0.717) is 30.4 Å². The van der Waals surface area contributed by atoms with Crippen LogP contribution in [0.3, 0.4) is 0 Å². The molecule has 1 aliphatic rings. The maximum Gasteiger partial charge on any atom is 0.308 e. The molecule has 0 bridgehead atoms. The summed E-state index contributed by atoms with van der Waals surface area (Å²) in [7, 11) is 1.61. The van der Waals surface area contributed by atoms with Crippen LogP contribution in [0.25, 0.3) is 10.9 Å². The molecule has 0 saturated carbocycles. The normalized spacial score (nSPS) is 19.8. The van der Waals surface area contributed by atoms with Crippen molar-refractivity contribution in [1.29, 1.82) is 0 Å². The molecule has 1 aliphatic heterocycles. The predicted molar refractivity (Wildman–Crippen MR) is 130 cm³/mol. The maximum absolute atomic E-state index is 12.0. The number of hydrogen-bond donors (Lipinski definition) is 2. The number of oxazole rings is 1. The van der Waals surface area contributed by atoms with Gasteiger partial charge in [-0.25, -0.2) is 4.98 Å². The molecule has 1 saturated heterocycles. The maximum atomic E-state index is 12.0. The Kier molecular flexibility index (Phi) is 8.42. The number of nitrogens with zero attached hydrogens (tertiary/aromatic N) is 3. The van der Waals surface area contributed by atoms with Crippen LogP contribution in [0.5, 0.6) is 5.75 Å². The highest BCUT2D eigenvalue weighted by molar-refractivity contribution is 7.99. The second-order valence-electron chi connectivity index (χ2n) is 8.67. The van der Waals surface area contributed by atoms with Crippen LogP contribution in [0.4, 0.5) is 0 Å². The number of likely N-dealkylation sites (tertiary alicyclic amines) is 1. The van der Waals surface area contributed by atoms with Crippen molar-refractivity contribution in [3.05, 3.63) is 48.5 Å². The number of ether oxygens (including phenoxy) is 1. The Morgan fingerprint density at radius 3 is 2.97 bits per heavy atom. The molecule has 1 fully saturated rings. The summed E-state index contributed by atoms with van der Waals surface area (Å²) in [5, 5.41) is 22.4. The molecule has 3 atom stereocenters. The van der Waals surface area contributed by atoms with Gasteiger partial charge in [-0.05, 0) is 74.5 Å². The molecule has 182 valence electrons. The van der Waals surface area contributed by atoms with Gasteiger partial charge in [0.05, 0.1) is 30.8 Å². The number of pyridine rings is 1. The first kappa shape index (κ1) is 24.5. The average molecular weight is 486 g/mol. The lowest BCUT2D eigenvalue weighted by atomic mass is 9.81. The summed E-state index contributed by atoms with van der Waals surface area (Å²) in [5.74, 6) is 0.473. The summed E-state index contributed by atoms with van der Waals surface area (Å²) in [4.78, 5) is 22.7. The fourth-order valence-electron chi connectivity index (χ4n) is 4.72. The van der Waals surface area contributed by atoms with Crippen molar-refractivity contribution in [2.24, 2.45) is 11.8 Å². The number of aliphatic hydroxyl groups excluding tert-OH is 1. The van der Waals surface area contributed by atoms with Gasteiger partial charge >= 0.3 is 5.97 Å². The van der Waals surface area contributed by atoms with Gasteiger partial charge < -0.3 is 24.3 Å². The molecule has 9 heteroatoms. The number of aliphatic hydroxyl groups is 1. The van der Waals surface area contributed by atoms with Crippen LogP contribution in [0.15, 0.2) is 52.6 Å². The van der Waals surface area contributed by atoms with Crippen molar-refractivity contribution in [2.45, 2.75) is 37.0 Å². The molecular formula is C25H31N3O5S. The highest BCUT2D eigenvalue weighted by atomic mass is 32.2. The van der Waals surface area contributed by atoms with Gasteiger partial charge in [0.1, 0.15) is 12.0 Å². The zero-order valence-electron chi connectivity index (χ0n) is 19.3. The van der Waals surface area contributed by atoms with Gasteiger partial charge in [-0.3, -0.25) is 9.78 Å². The lowest BCUT2D eigenvalue weighted by molar-refractivity contribution is -0.146. The Morgan fingerprint density at radius 1 is 1.32 bits per heavy atom. The third-order valence-corrected chi connectivity index (χ3v) is 7.50. The van der Waals surface area contributed by atoms with E-state index in [4.69, 9.17) is 9.15 Å². The molecule has 0 amide bonds. The first-order valence-electron chi connectivity index (χ1n) is 11.6. The van der Waals surface area contributed by atoms with Gasteiger partial charge in [0.15, 0.2) is 0 Å². The van der Waals surface area contributed by atoms with Crippen molar-refractivity contribution in [3.8, 4) is 5.75 Å². The monoisotopic (exact) mass is 485 g/mol. The summed E-state index contributed by atoms with van der Waals surface area (Å²) in [5.41, 5.74) is 1.60. The Morgan fingerprint density at radius 2 is 2.21 bits per heavy atom. The molecule has 2 aromatic heterocycles. The van der Waals surface area contributed by atoms with Crippen molar-refractivity contribution in [2.75, 3.05) is 32.5 Å². The van der Waals surface area contributed by atoms with Gasteiger partial charge in [0.2, 0.25) is 0 Å². The third-order valence-electron chi connectivity index (χ3n) is 6.56. The van der Waals surface area contributed by atoms with Crippen LogP contribution in [0.2, 0.25) is 0 Å². The smallest absolute Gasteiger partial charge is 0.308 e. The zero-order chi connectivity index (χ0) is 23.9. The van der Waals surface area contributed by atoms with Crippen LogP contribution in [0, 0.1) is 11.8 Å². The van der Waals surface area contributed by atoms with E-state index in [2.05, 4.69) is 14.9 Å². The molecule has 0 spiro atoms. The zero-order valence-corrected chi connectivity index (χ0v) is 20.1. The van der Waals surface area contributed by atoms with Crippen LogP contribution < -0.4 is 4.74 Å². The second kappa shape index (κ2) is 11.7. The van der Waals surface area contributed by atoms with E-state index in [1.165, 1.54) is 0 Å². The fraction of sp³-hybridized carbons (Fsp3) is 0.480. The number of benzene rings is 1. The number of aromatic nitrogens is 2. The number of carboxylic acid groups (broad SMARTS) is 1. The van der Waals surface area contributed by atoms with Crippen LogP contribution in [-0.4, -0.2) is 63.5 Å². The van der Waals surface area contributed by atoms with Crippen molar-refractivity contribution in [1.82, 2.24) is 14.9 Å². The highest BCUT2D eigenvalue weighted by Crippen LogP contribution is 2.34. The number of rotatable bonds is 11. The van der Waals surface area contributed by atoms with Crippen molar-refractivity contribution in [3.63, 3.8) is 0 Å². The van der Waals surface area contributed by atoms with Gasteiger partial charge in [-0.2, -0.15) is 0 Å². The Balaban J connectivity index is 1.31. The number of hydrogen-bond acceptors (Lipinski definition) is 8. The van der Waals surface area contributed by atoms with Crippen molar-refractivity contribution < 1.29 is 24.2 Å². The van der Waals surface area contributed by atoms with Gasteiger partial charge in [-0.1, -0.05) is 11.8 Å². The predicted octanol–water partition coefficient (Wildman–Crippen LogP) is 4.25. The summed E-state index contributed by atoms with van der Waals surface area (Å²) < 4.78 is 10.6. The summed E-state index contributed by atoms with van der Waals surface area (Å²) in [6.07, 6.45) is 7.16. The lowest BCUT2D eigenvalue weighted by Crippen LogP contribution is -2.44. The van der Waals surface area contributed by atoms with Gasteiger partial charge in [0.25, 0.3) is 5.22 Å². The minimum absolute atomic E-state index is 0.0488. The van der Waals surface area contributed by atoms with E-state index in [1.807, 2.05) is 24.3 Å². The van der Waals surface area contributed by atoms with Crippen LogP contribution in [0.1, 0.15) is 37.4 Å². The van der Waals surface area contributed by atoms with E-state index in [0.717, 1.165) is 48.2 Å². The molecule has 0 radical (unpaired) electrons. The van der Waals surface area contributed by atoms with Crippen LogP contribution in [-0.2, 0) is 4.79 Å². The fourth-order valence-corrected chi connectivity index (χ4v) is 5.42. The molecule has 4 rings (SSSR count). The summed E-state index contributed by atoms with van der Waals surface area (Å²) >= 11 is 1.57. The van der Waals surface area contributed by atoms with E-state index in [9.17, 15) is 15.0 Å². The topological polar surface area (TPSA) is 109 Å². The quantitative estimate of drug-likeness (QED) is 0.304. The molecule has 1 aromatic carbocycles. The first-order valence-corrected chi connectivity index (χ1v) is 12.6. The third kappa shape index (κ3) is 6.08. The Bertz CT molecular complexity index is 1080. The lowest BCUT2D eigenvalue weighted by Gasteiger charge is -2.37. The van der Waals surface area contributed by atoms with E-state index in [1.54, 1.807) is 37.5 Å². The molecule has 0 aliphatic carbocycles. The standard InChI is InChI=1S/C25H31N3O5S/c1-32-18-4-5-22-20(15-18)19(7-9-26-22)23(29)6-3-17-8-12-28(16-21(17)24(30)31)11-2-14-34-25-27-10-13-33-25/h4-5,7,9-10,13,15,17,21,23,29H,2-3,6,8,11-12,14,16H2,1H3,(H,30,31)/t17-,21+,23-/m1/s1. The van der Waals surface area contributed by atoms with E-state index < -0.39 is 18.0 Å². The number of carboxylic acids is 1. The largest absolute Gasteiger partial charge is 0.497 e. The van der Waals surface area contributed by atoms with Gasteiger partial charge in [-0.15, -0.1) is 0 Å². The van der Waals surface area contributed by atoms with Gasteiger partial charge in [0, 0.05) is 23.9 Å². The number of thioether (sulfide) groups is 1. The molecule has 2 N–H and O–H groups in total. The summed E-state index contributed by atoms with van der Waals surface area (Å²) in [6, 6.07) is 7.45. The number of carbonyl (C=O) groups is 1. The molecule has 3 aromatic rings. The first-order chi connectivity index (χ1) is 16.5. The summed E-state index contributed by atoms with van der Waals surface area (Å²) in [6.45, 7) is 2.29. The Labute approximate surface area is 203 Å². The number of methoxy groups -OCH3 is 1. The molecule has 8 nitrogen and oxygen atoms in total.